The smallest absolute Gasteiger partial charge is 0.262 e. The number of ether oxygens (including phenoxy) is 1. The normalized spacial score (nSPS) is 14.4. The Morgan fingerprint density at radius 1 is 0.865 bits per heavy atom. The monoisotopic (exact) mass is 517 g/mol. The number of hydrogen-bond donors (Lipinski definition) is 1. The second-order valence-electron chi connectivity index (χ2n) is 8.90. The zero-order chi connectivity index (χ0) is 26.0. The largest absolute Gasteiger partial charge is 0.497 e. The van der Waals surface area contributed by atoms with Crippen molar-refractivity contribution in [2.45, 2.75) is 24.2 Å². The van der Waals surface area contributed by atoms with E-state index in [-0.39, 0.29) is 10.5 Å². The highest BCUT2D eigenvalue weighted by molar-refractivity contribution is 7.89. The highest BCUT2D eigenvalue weighted by Crippen LogP contribution is 2.24. The van der Waals surface area contributed by atoms with Crippen molar-refractivity contribution >= 4 is 32.4 Å². The molecule has 1 fully saturated rings. The highest BCUT2D eigenvalue weighted by Gasteiger charge is 2.26. The molecular weight excluding hydrogens is 490 g/mol. The van der Waals surface area contributed by atoms with Gasteiger partial charge in [0, 0.05) is 41.4 Å². The first kappa shape index (κ1) is 24.7. The summed E-state index contributed by atoms with van der Waals surface area (Å²) in [5.41, 5.74) is 1.12. The lowest BCUT2D eigenvalue weighted by molar-refractivity contribution is 0.102. The molecule has 0 aliphatic carbocycles. The zero-order valence-corrected chi connectivity index (χ0v) is 21.2. The van der Waals surface area contributed by atoms with Gasteiger partial charge in [-0.25, -0.2) is 8.42 Å². The zero-order valence-electron chi connectivity index (χ0n) is 20.4. The maximum Gasteiger partial charge on any atom is 0.262 e. The van der Waals surface area contributed by atoms with Crippen molar-refractivity contribution in [1.29, 1.82) is 0 Å². The number of fused-ring (bicyclic) bond motifs is 1. The van der Waals surface area contributed by atoms with Crippen molar-refractivity contribution in [3.63, 3.8) is 0 Å². The Morgan fingerprint density at radius 2 is 1.51 bits per heavy atom. The number of sulfonamides is 1. The van der Waals surface area contributed by atoms with Crippen LogP contribution in [0.15, 0.2) is 88.7 Å². The average Bonchev–Trinajstić information content (AvgIpc) is 2.94. The van der Waals surface area contributed by atoms with Crippen LogP contribution in [0, 0.1) is 0 Å². The van der Waals surface area contributed by atoms with E-state index >= 15 is 0 Å². The Balaban J connectivity index is 1.46. The van der Waals surface area contributed by atoms with Crippen LogP contribution in [0.1, 0.15) is 29.6 Å². The molecule has 9 heteroatoms. The number of hydrogen-bond acceptors (Lipinski definition) is 5. The summed E-state index contributed by atoms with van der Waals surface area (Å²) in [6.07, 6.45) is 4.29. The van der Waals surface area contributed by atoms with Crippen molar-refractivity contribution in [3.8, 4) is 11.4 Å². The minimum atomic E-state index is -3.56. The third-order valence-electron chi connectivity index (χ3n) is 6.58. The number of methoxy groups -OCH3 is 1. The molecule has 0 unspecified atom stereocenters. The number of aromatic nitrogens is 1. The van der Waals surface area contributed by atoms with Gasteiger partial charge >= 0.3 is 0 Å². The van der Waals surface area contributed by atoms with Crippen LogP contribution in [-0.2, 0) is 10.0 Å². The van der Waals surface area contributed by atoms with E-state index in [1.807, 2.05) is 0 Å². The number of nitrogens with one attached hydrogen (secondary N) is 1. The third-order valence-corrected chi connectivity index (χ3v) is 8.50. The summed E-state index contributed by atoms with van der Waals surface area (Å²) in [6.45, 7) is 1.05. The summed E-state index contributed by atoms with van der Waals surface area (Å²) in [6, 6.07) is 20.1. The van der Waals surface area contributed by atoms with Gasteiger partial charge in [-0.05, 0) is 67.4 Å². The van der Waals surface area contributed by atoms with Crippen LogP contribution in [0.5, 0.6) is 5.75 Å². The Bertz CT molecular complexity index is 1600. The Hall–Kier alpha value is -3.95. The predicted octanol–water partition coefficient (Wildman–Crippen LogP) is 4.43. The van der Waals surface area contributed by atoms with Crippen molar-refractivity contribution < 1.29 is 17.9 Å². The molecule has 0 saturated carbocycles. The molecule has 0 bridgehead atoms. The molecule has 0 radical (unpaired) electrons. The molecule has 2 heterocycles. The molecule has 37 heavy (non-hydrogen) atoms. The molecule has 4 aromatic rings. The fourth-order valence-electron chi connectivity index (χ4n) is 4.57. The van der Waals surface area contributed by atoms with Gasteiger partial charge in [-0.2, -0.15) is 4.31 Å². The van der Waals surface area contributed by atoms with Gasteiger partial charge < -0.3 is 10.1 Å². The molecule has 1 aliphatic heterocycles. The second kappa shape index (κ2) is 10.2. The van der Waals surface area contributed by atoms with E-state index in [9.17, 15) is 18.0 Å². The maximum absolute atomic E-state index is 13.4. The van der Waals surface area contributed by atoms with Gasteiger partial charge in [0.2, 0.25) is 10.0 Å². The molecule has 0 spiro atoms. The lowest BCUT2D eigenvalue weighted by Crippen LogP contribution is -2.35. The van der Waals surface area contributed by atoms with E-state index in [0.717, 1.165) is 19.3 Å². The first-order valence-electron chi connectivity index (χ1n) is 12.1. The van der Waals surface area contributed by atoms with Crippen LogP contribution in [0.3, 0.4) is 0 Å². The molecule has 1 N–H and O–H groups in total. The number of pyridine rings is 1. The number of nitrogens with zero attached hydrogens (tertiary/aromatic N) is 2. The number of amides is 1. The number of benzene rings is 3. The predicted molar refractivity (Wildman–Crippen MR) is 143 cm³/mol. The molecular formula is C28H27N3O5S. The summed E-state index contributed by atoms with van der Waals surface area (Å²) in [7, 11) is -2.00. The number of rotatable bonds is 6. The molecule has 1 saturated heterocycles. The van der Waals surface area contributed by atoms with Gasteiger partial charge in [0.1, 0.15) is 5.75 Å². The number of carbonyl (C=O) groups is 1. The van der Waals surface area contributed by atoms with Crippen LogP contribution in [-0.4, -0.2) is 43.4 Å². The fourth-order valence-corrected chi connectivity index (χ4v) is 6.09. The van der Waals surface area contributed by atoms with Crippen LogP contribution in [0.2, 0.25) is 0 Å². The molecule has 8 nitrogen and oxygen atoms in total. The van der Waals surface area contributed by atoms with Gasteiger partial charge in [-0.3, -0.25) is 14.2 Å². The van der Waals surface area contributed by atoms with Crippen molar-refractivity contribution in [2.75, 3.05) is 25.5 Å². The van der Waals surface area contributed by atoms with Crippen LogP contribution in [0.4, 0.5) is 5.69 Å². The summed E-state index contributed by atoms with van der Waals surface area (Å²) in [5, 5.41) is 3.78. The number of carbonyl (C=O) groups excluding carboxylic acids is 1. The van der Waals surface area contributed by atoms with E-state index in [4.69, 9.17) is 4.74 Å². The van der Waals surface area contributed by atoms with Gasteiger partial charge in [-0.1, -0.05) is 24.6 Å². The summed E-state index contributed by atoms with van der Waals surface area (Å²) in [4.78, 5) is 26.8. The van der Waals surface area contributed by atoms with Gasteiger partial charge in [0.25, 0.3) is 11.5 Å². The number of piperidine rings is 1. The molecule has 1 aliphatic rings. The highest BCUT2D eigenvalue weighted by atomic mass is 32.2. The standard InChI is InChI=1S/C28H27N3O5S/c1-36-22-13-11-21(12-14-22)31-19-26(24-7-3-4-8-25(24)28(31)33)27(32)29-20-9-15-23(16-10-20)37(34,35)30-17-5-2-6-18-30/h3-4,7-16,19H,2,5-6,17-18H2,1H3,(H,29,32). The quantitative estimate of drug-likeness (QED) is 0.408. The Kier molecular flexibility index (Phi) is 6.82. The molecule has 1 amide bonds. The lowest BCUT2D eigenvalue weighted by atomic mass is 10.1. The van der Waals surface area contributed by atoms with Crippen LogP contribution < -0.4 is 15.6 Å². The topological polar surface area (TPSA) is 97.7 Å². The maximum atomic E-state index is 13.4. The first-order valence-corrected chi connectivity index (χ1v) is 13.5. The van der Waals surface area contributed by atoms with Crippen LogP contribution in [0.25, 0.3) is 16.5 Å². The summed E-state index contributed by atoms with van der Waals surface area (Å²) >= 11 is 0. The van der Waals surface area contributed by atoms with E-state index in [2.05, 4.69) is 5.32 Å². The number of anilines is 1. The Labute approximate surface area is 215 Å². The molecule has 0 atom stereocenters. The molecule has 1 aromatic heterocycles. The van der Waals surface area contributed by atoms with Crippen LogP contribution >= 0.6 is 0 Å². The second-order valence-corrected chi connectivity index (χ2v) is 10.8. The van der Waals surface area contributed by atoms with Gasteiger partial charge in [0.05, 0.1) is 17.6 Å². The Morgan fingerprint density at radius 3 is 2.16 bits per heavy atom. The van der Waals surface area contributed by atoms with E-state index < -0.39 is 15.9 Å². The average molecular weight is 518 g/mol. The summed E-state index contributed by atoms with van der Waals surface area (Å²) in [5.74, 6) is 0.242. The van der Waals surface area contributed by atoms with Crippen molar-refractivity contribution in [1.82, 2.24) is 8.87 Å². The van der Waals surface area contributed by atoms with Gasteiger partial charge in [0.15, 0.2) is 0 Å². The van der Waals surface area contributed by atoms with E-state index in [1.165, 1.54) is 27.2 Å². The minimum absolute atomic E-state index is 0.200. The minimum Gasteiger partial charge on any atom is -0.497 e. The molecule has 3 aromatic carbocycles. The van der Waals surface area contributed by atoms with E-state index in [0.29, 0.717) is 46.5 Å². The summed E-state index contributed by atoms with van der Waals surface area (Å²) < 4.78 is 34.0. The lowest BCUT2D eigenvalue weighted by Gasteiger charge is -2.25. The van der Waals surface area contributed by atoms with E-state index in [1.54, 1.807) is 67.8 Å². The van der Waals surface area contributed by atoms with Crippen molar-refractivity contribution in [3.05, 3.63) is 94.9 Å². The SMILES string of the molecule is COc1ccc(-n2cc(C(=O)Nc3ccc(S(=O)(=O)N4CCCCC4)cc3)c3ccccc3c2=O)cc1. The molecule has 5 rings (SSSR count). The molecule has 190 valence electrons. The van der Waals surface area contributed by atoms with Crippen molar-refractivity contribution in [2.24, 2.45) is 0 Å². The first-order chi connectivity index (χ1) is 17.9. The fraction of sp³-hybridized carbons (Fsp3) is 0.214. The third kappa shape index (κ3) is 4.87. The van der Waals surface area contributed by atoms with Gasteiger partial charge in [-0.15, -0.1) is 0 Å².